The maximum absolute atomic E-state index is 5.26. The molecular weight excluding hydrogens is 224 g/mol. The van der Waals surface area contributed by atoms with Crippen molar-refractivity contribution in [3.63, 3.8) is 0 Å². The average molecular weight is 248 g/mol. The van der Waals surface area contributed by atoms with Gasteiger partial charge in [0, 0.05) is 13.1 Å². The van der Waals surface area contributed by atoms with E-state index in [-0.39, 0.29) is 0 Å². The molecule has 18 heavy (non-hydrogen) atoms. The van der Waals surface area contributed by atoms with Crippen molar-refractivity contribution in [2.24, 2.45) is 11.8 Å². The fraction of sp³-hybridized carbons (Fsp3) is 0.600. The van der Waals surface area contributed by atoms with E-state index in [0.717, 1.165) is 43.8 Å². The van der Waals surface area contributed by atoms with Crippen LogP contribution in [-0.2, 0) is 6.54 Å². The van der Waals surface area contributed by atoms with Crippen LogP contribution >= 0.6 is 0 Å². The van der Waals surface area contributed by atoms with E-state index in [1.807, 2.05) is 6.07 Å². The third-order valence-electron chi connectivity index (χ3n) is 3.81. The minimum atomic E-state index is 0.778. The van der Waals surface area contributed by atoms with Gasteiger partial charge in [0.05, 0.1) is 7.11 Å². The first-order valence-electron chi connectivity index (χ1n) is 6.71. The fourth-order valence-corrected chi connectivity index (χ4v) is 2.66. The van der Waals surface area contributed by atoms with Gasteiger partial charge in [-0.2, -0.15) is 0 Å². The summed E-state index contributed by atoms with van der Waals surface area (Å²) >= 11 is 0. The zero-order valence-corrected chi connectivity index (χ0v) is 11.6. The van der Waals surface area contributed by atoms with Crippen LogP contribution in [0.2, 0.25) is 0 Å². The highest BCUT2D eigenvalue weighted by molar-refractivity contribution is 5.28. The van der Waals surface area contributed by atoms with Crippen molar-refractivity contribution < 1.29 is 4.74 Å². The van der Waals surface area contributed by atoms with E-state index >= 15 is 0 Å². The highest BCUT2D eigenvalue weighted by Crippen LogP contribution is 2.18. The van der Waals surface area contributed by atoms with Crippen molar-refractivity contribution in [3.05, 3.63) is 29.8 Å². The molecule has 2 unspecified atom stereocenters. The molecule has 0 spiro atoms. The standard InChI is InChI=1S/C15H24N2O/c1-12-8-16-9-14(12)11-17(2)10-13-5-4-6-15(7-13)18-3/h4-7,12,14,16H,8-11H2,1-3H3. The zero-order chi connectivity index (χ0) is 13.0. The minimum Gasteiger partial charge on any atom is -0.497 e. The van der Waals surface area contributed by atoms with Gasteiger partial charge < -0.3 is 15.0 Å². The van der Waals surface area contributed by atoms with Gasteiger partial charge in [-0.05, 0) is 49.7 Å². The van der Waals surface area contributed by atoms with Crippen LogP contribution in [0.5, 0.6) is 5.75 Å². The summed E-state index contributed by atoms with van der Waals surface area (Å²) in [7, 11) is 3.92. The van der Waals surface area contributed by atoms with Crippen LogP contribution < -0.4 is 10.1 Å². The van der Waals surface area contributed by atoms with Gasteiger partial charge in [-0.1, -0.05) is 19.1 Å². The van der Waals surface area contributed by atoms with E-state index in [2.05, 4.69) is 42.4 Å². The van der Waals surface area contributed by atoms with Crippen molar-refractivity contribution in [2.45, 2.75) is 13.5 Å². The molecule has 1 heterocycles. The quantitative estimate of drug-likeness (QED) is 0.862. The summed E-state index contributed by atoms with van der Waals surface area (Å²) in [5.41, 5.74) is 1.32. The summed E-state index contributed by atoms with van der Waals surface area (Å²) in [5.74, 6) is 2.51. The lowest BCUT2D eigenvalue weighted by atomic mass is 9.97. The molecule has 1 saturated heterocycles. The second-order valence-corrected chi connectivity index (χ2v) is 5.44. The number of nitrogens with zero attached hydrogens (tertiary/aromatic N) is 1. The molecule has 0 aromatic heterocycles. The number of methoxy groups -OCH3 is 1. The van der Waals surface area contributed by atoms with Crippen LogP contribution in [0.1, 0.15) is 12.5 Å². The number of ether oxygens (including phenoxy) is 1. The van der Waals surface area contributed by atoms with E-state index < -0.39 is 0 Å². The highest BCUT2D eigenvalue weighted by atomic mass is 16.5. The van der Waals surface area contributed by atoms with Crippen LogP contribution in [-0.4, -0.2) is 38.7 Å². The van der Waals surface area contributed by atoms with E-state index in [0.29, 0.717) is 0 Å². The van der Waals surface area contributed by atoms with Gasteiger partial charge in [-0.3, -0.25) is 0 Å². The maximum Gasteiger partial charge on any atom is 0.119 e. The Morgan fingerprint density at radius 3 is 2.89 bits per heavy atom. The van der Waals surface area contributed by atoms with Gasteiger partial charge in [0.2, 0.25) is 0 Å². The van der Waals surface area contributed by atoms with Crippen LogP contribution in [0.15, 0.2) is 24.3 Å². The molecule has 0 radical (unpaired) electrons. The molecule has 1 N–H and O–H groups in total. The van der Waals surface area contributed by atoms with Crippen molar-refractivity contribution in [1.82, 2.24) is 10.2 Å². The summed E-state index contributed by atoms with van der Waals surface area (Å²) in [6.45, 7) is 6.80. The van der Waals surface area contributed by atoms with Crippen molar-refractivity contribution in [3.8, 4) is 5.75 Å². The molecule has 100 valence electrons. The Kier molecular flexibility index (Phi) is 4.61. The summed E-state index contributed by atoms with van der Waals surface area (Å²) in [5, 5.41) is 3.46. The lowest BCUT2D eigenvalue weighted by molar-refractivity contribution is 0.252. The van der Waals surface area contributed by atoms with Gasteiger partial charge >= 0.3 is 0 Å². The molecule has 3 nitrogen and oxygen atoms in total. The van der Waals surface area contributed by atoms with Crippen LogP contribution in [0.25, 0.3) is 0 Å². The summed E-state index contributed by atoms with van der Waals surface area (Å²) in [6, 6.07) is 8.33. The van der Waals surface area contributed by atoms with E-state index in [1.54, 1.807) is 7.11 Å². The van der Waals surface area contributed by atoms with Crippen molar-refractivity contribution >= 4 is 0 Å². The first-order valence-corrected chi connectivity index (χ1v) is 6.71. The molecule has 1 aliphatic heterocycles. The second-order valence-electron chi connectivity index (χ2n) is 5.44. The van der Waals surface area contributed by atoms with Gasteiger partial charge in [0.25, 0.3) is 0 Å². The molecule has 0 saturated carbocycles. The first-order chi connectivity index (χ1) is 8.69. The largest absolute Gasteiger partial charge is 0.497 e. The number of rotatable bonds is 5. The molecule has 1 aliphatic rings. The third kappa shape index (κ3) is 3.47. The minimum absolute atomic E-state index is 0.778. The molecule has 2 atom stereocenters. The molecule has 0 aliphatic carbocycles. The Morgan fingerprint density at radius 2 is 2.22 bits per heavy atom. The molecule has 1 aromatic carbocycles. The average Bonchev–Trinajstić information content (AvgIpc) is 2.75. The Hall–Kier alpha value is -1.06. The Bertz CT molecular complexity index is 381. The second kappa shape index (κ2) is 6.21. The molecular formula is C15H24N2O. The Morgan fingerprint density at radius 1 is 1.39 bits per heavy atom. The van der Waals surface area contributed by atoms with E-state index in [1.165, 1.54) is 5.56 Å². The van der Waals surface area contributed by atoms with Gasteiger partial charge in [0.1, 0.15) is 5.75 Å². The van der Waals surface area contributed by atoms with Gasteiger partial charge in [-0.25, -0.2) is 0 Å². The predicted molar refractivity (Wildman–Crippen MR) is 74.9 cm³/mol. The smallest absolute Gasteiger partial charge is 0.119 e. The van der Waals surface area contributed by atoms with Crippen molar-refractivity contribution in [1.29, 1.82) is 0 Å². The number of benzene rings is 1. The first kappa shape index (κ1) is 13.4. The number of hydrogen-bond donors (Lipinski definition) is 1. The van der Waals surface area contributed by atoms with E-state index in [9.17, 15) is 0 Å². The zero-order valence-electron chi connectivity index (χ0n) is 11.6. The van der Waals surface area contributed by atoms with Gasteiger partial charge in [-0.15, -0.1) is 0 Å². The molecule has 1 aromatic rings. The fourth-order valence-electron chi connectivity index (χ4n) is 2.66. The van der Waals surface area contributed by atoms with Gasteiger partial charge in [0.15, 0.2) is 0 Å². The van der Waals surface area contributed by atoms with Crippen molar-refractivity contribution in [2.75, 3.05) is 33.8 Å². The molecule has 2 rings (SSSR count). The summed E-state index contributed by atoms with van der Waals surface area (Å²) < 4.78 is 5.26. The van der Waals surface area contributed by atoms with Crippen LogP contribution in [0, 0.1) is 11.8 Å². The lowest BCUT2D eigenvalue weighted by Crippen LogP contribution is -2.28. The number of nitrogens with one attached hydrogen (secondary N) is 1. The Labute approximate surface area is 110 Å². The SMILES string of the molecule is COc1cccc(CN(C)CC2CNCC2C)c1. The normalized spacial score (nSPS) is 23.6. The third-order valence-corrected chi connectivity index (χ3v) is 3.81. The lowest BCUT2D eigenvalue weighted by Gasteiger charge is -2.23. The van der Waals surface area contributed by atoms with E-state index in [4.69, 9.17) is 4.74 Å². The summed E-state index contributed by atoms with van der Waals surface area (Å²) in [6.07, 6.45) is 0. The molecule has 3 heteroatoms. The molecule has 0 amide bonds. The van der Waals surface area contributed by atoms with Crippen LogP contribution in [0.4, 0.5) is 0 Å². The highest BCUT2D eigenvalue weighted by Gasteiger charge is 2.23. The topological polar surface area (TPSA) is 24.5 Å². The monoisotopic (exact) mass is 248 g/mol. The molecule has 1 fully saturated rings. The number of hydrogen-bond acceptors (Lipinski definition) is 3. The summed E-state index contributed by atoms with van der Waals surface area (Å²) in [4.78, 5) is 2.41. The predicted octanol–water partition coefficient (Wildman–Crippen LogP) is 1.98. The Balaban J connectivity index is 1.88. The van der Waals surface area contributed by atoms with Crippen LogP contribution in [0.3, 0.4) is 0 Å². The maximum atomic E-state index is 5.26. The molecule has 0 bridgehead atoms.